The van der Waals surface area contributed by atoms with Gasteiger partial charge >= 0.3 is 0 Å². The molecule has 0 aliphatic rings. The molecule has 0 saturated carbocycles. The molecule has 0 N–H and O–H groups in total. The van der Waals surface area contributed by atoms with Crippen LogP contribution in [0.15, 0.2) is 42.6 Å². The maximum atomic E-state index is 11.6. The van der Waals surface area contributed by atoms with E-state index in [2.05, 4.69) is 6.07 Å². The van der Waals surface area contributed by atoms with E-state index in [1.54, 1.807) is 6.07 Å². The van der Waals surface area contributed by atoms with Crippen molar-refractivity contribution in [2.24, 2.45) is 0 Å². The molecular weight excluding hydrogens is 186 g/mol. The van der Waals surface area contributed by atoms with E-state index < -0.39 is 0 Å². The Hall–Kier alpha value is -1.83. The van der Waals surface area contributed by atoms with Gasteiger partial charge in [0.25, 0.3) is 0 Å². The van der Waals surface area contributed by atoms with Gasteiger partial charge < -0.3 is 5.21 Å². The summed E-state index contributed by atoms with van der Waals surface area (Å²) in [4.78, 5) is 0. The standard InChI is InChI=1S/C13H13NO/c1-10-7-11(2)9-12(8-10)13-5-3-4-6-14(13)15/h3-9H,1-2H3. The molecule has 76 valence electrons. The molecule has 2 rings (SSSR count). The van der Waals surface area contributed by atoms with Crippen LogP contribution in [0.4, 0.5) is 0 Å². The molecule has 0 aliphatic carbocycles. The summed E-state index contributed by atoms with van der Waals surface area (Å²) in [5.41, 5.74) is 4.02. The van der Waals surface area contributed by atoms with Crippen molar-refractivity contribution in [1.29, 1.82) is 0 Å². The Morgan fingerprint density at radius 2 is 1.67 bits per heavy atom. The van der Waals surface area contributed by atoms with E-state index in [9.17, 15) is 5.21 Å². The Morgan fingerprint density at radius 1 is 1.00 bits per heavy atom. The van der Waals surface area contributed by atoms with Crippen LogP contribution < -0.4 is 4.73 Å². The first-order valence-corrected chi connectivity index (χ1v) is 4.94. The minimum Gasteiger partial charge on any atom is -0.618 e. The lowest BCUT2D eigenvalue weighted by molar-refractivity contribution is -0.593. The highest BCUT2D eigenvalue weighted by atomic mass is 16.5. The smallest absolute Gasteiger partial charge is 0.223 e. The minimum absolute atomic E-state index is 0.698. The lowest BCUT2D eigenvalue weighted by atomic mass is 10.0. The van der Waals surface area contributed by atoms with Crippen molar-refractivity contribution >= 4 is 0 Å². The van der Waals surface area contributed by atoms with Crippen molar-refractivity contribution in [2.75, 3.05) is 0 Å². The zero-order valence-electron chi connectivity index (χ0n) is 8.90. The molecule has 2 aromatic rings. The lowest BCUT2D eigenvalue weighted by Crippen LogP contribution is -2.27. The predicted octanol–water partition coefficient (Wildman–Crippen LogP) is 2.60. The molecule has 0 bridgehead atoms. The van der Waals surface area contributed by atoms with Gasteiger partial charge in [-0.3, -0.25) is 0 Å². The Balaban J connectivity index is 2.59. The zero-order valence-corrected chi connectivity index (χ0v) is 8.90. The molecule has 0 atom stereocenters. The Bertz CT molecular complexity index is 471. The number of hydrogen-bond acceptors (Lipinski definition) is 1. The molecule has 1 heterocycles. The quantitative estimate of drug-likeness (QED) is 0.512. The van der Waals surface area contributed by atoms with E-state index >= 15 is 0 Å². The molecule has 0 aliphatic heterocycles. The fourth-order valence-corrected chi connectivity index (χ4v) is 1.77. The highest BCUT2D eigenvalue weighted by Gasteiger charge is 2.07. The molecule has 0 amide bonds. The average Bonchev–Trinajstić information content (AvgIpc) is 2.16. The van der Waals surface area contributed by atoms with Crippen molar-refractivity contribution in [3.63, 3.8) is 0 Å². The summed E-state index contributed by atoms with van der Waals surface area (Å²) < 4.78 is 0.897. The second-order valence-corrected chi connectivity index (χ2v) is 3.79. The molecular formula is C13H13NO. The molecule has 1 aromatic heterocycles. The summed E-state index contributed by atoms with van der Waals surface area (Å²) >= 11 is 0. The fraction of sp³-hybridized carbons (Fsp3) is 0.154. The number of nitrogens with zero attached hydrogens (tertiary/aromatic N) is 1. The number of aromatic nitrogens is 1. The van der Waals surface area contributed by atoms with E-state index in [-0.39, 0.29) is 0 Å². The van der Waals surface area contributed by atoms with Gasteiger partial charge in [-0.2, -0.15) is 4.73 Å². The maximum absolute atomic E-state index is 11.6. The summed E-state index contributed by atoms with van der Waals surface area (Å²) in [6.45, 7) is 4.07. The second-order valence-electron chi connectivity index (χ2n) is 3.79. The molecule has 15 heavy (non-hydrogen) atoms. The third-order valence-electron chi connectivity index (χ3n) is 2.34. The van der Waals surface area contributed by atoms with Crippen LogP contribution in [-0.4, -0.2) is 0 Å². The van der Waals surface area contributed by atoms with Gasteiger partial charge in [-0.25, -0.2) is 0 Å². The number of aryl methyl sites for hydroxylation is 2. The summed E-state index contributed by atoms with van der Waals surface area (Å²) in [7, 11) is 0. The first-order valence-electron chi connectivity index (χ1n) is 4.94. The van der Waals surface area contributed by atoms with Crippen LogP contribution in [0.3, 0.4) is 0 Å². The number of pyridine rings is 1. The monoisotopic (exact) mass is 199 g/mol. The summed E-state index contributed by atoms with van der Waals surface area (Å²) in [5.74, 6) is 0. The average molecular weight is 199 g/mol. The first-order chi connectivity index (χ1) is 7.16. The second kappa shape index (κ2) is 3.73. The molecule has 0 spiro atoms. The van der Waals surface area contributed by atoms with Crippen molar-refractivity contribution in [1.82, 2.24) is 0 Å². The lowest BCUT2D eigenvalue weighted by Gasteiger charge is -2.05. The van der Waals surface area contributed by atoms with Crippen LogP contribution in [-0.2, 0) is 0 Å². The van der Waals surface area contributed by atoms with E-state index in [1.165, 1.54) is 17.3 Å². The van der Waals surface area contributed by atoms with Crippen molar-refractivity contribution in [2.45, 2.75) is 13.8 Å². The van der Waals surface area contributed by atoms with Gasteiger partial charge in [-0.05, 0) is 32.0 Å². The Labute approximate surface area is 89.4 Å². The van der Waals surface area contributed by atoms with Crippen molar-refractivity contribution < 1.29 is 4.73 Å². The third-order valence-corrected chi connectivity index (χ3v) is 2.34. The highest BCUT2D eigenvalue weighted by Crippen LogP contribution is 2.18. The van der Waals surface area contributed by atoms with E-state index in [0.717, 1.165) is 10.3 Å². The summed E-state index contributed by atoms with van der Waals surface area (Å²) in [5, 5.41) is 11.6. The van der Waals surface area contributed by atoms with Crippen LogP contribution in [0, 0.1) is 19.1 Å². The molecule has 2 nitrogen and oxygen atoms in total. The molecule has 0 unspecified atom stereocenters. The topological polar surface area (TPSA) is 26.9 Å². The Kier molecular flexibility index (Phi) is 2.42. The SMILES string of the molecule is Cc1cc(C)cc(-c2cccc[n+]2[O-])c1. The van der Waals surface area contributed by atoms with E-state index in [0.29, 0.717) is 5.69 Å². The first kappa shape index (κ1) is 9.71. The van der Waals surface area contributed by atoms with Gasteiger partial charge in [0.15, 0.2) is 6.20 Å². The predicted molar refractivity (Wildman–Crippen MR) is 60.3 cm³/mol. The van der Waals surface area contributed by atoms with E-state index in [4.69, 9.17) is 0 Å². The molecule has 0 fully saturated rings. The minimum atomic E-state index is 0.698. The normalized spacial score (nSPS) is 10.3. The Morgan fingerprint density at radius 3 is 2.27 bits per heavy atom. The van der Waals surface area contributed by atoms with Crippen LogP contribution in [0.25, 0.3) is 11.3 Å². The van der Waals surface area contributed by atoms with Crippen LogP contribution in [0.1, 0.15) is 11.1 Å². The van der Waals surface area contributed by atoms with E-state index in [1.807, 2.05) is 38.1 Å². The molecule has 2 heteroatoms. The maximum Gasteiger partial charge on any atom is 0.223 e. The van der Waals surface area contributed by atoms with Gasteiger partial charge in [0, 0.05) is 17.7 Å². The number of hydrogen-bond donors (Lipinski definition) is 0. The van der Waals surface area contributed by atoms with Crippen LogP contribution in [0.2, 0.25) is 0 Å². The molecule has 0 radical (unpaired) electrons. The fourth-order valence-electron chi connectivity index (χ4n) is 1.77. The van der Waals surface area contributed by atoms with Crippen molar-refractivity contribution in [3.8, 4) is 11.3 Å². The van der Waals surface area contributed by atoms with Crippen LogP contribution >= 0.6 is 0 Å². The third kappa shape index (κ3) is 1.99. The summed E-state index contributed by atoms with van der Waals surface area (Å²) in [6, 6.07) is 11.6. The number of benzene rings is 1. The highest BCUT2D eigenvalue weighted by molar-refractivity contribution is 5.58. The van der Waals surface area contributed by atoms with Crippen LogP contribution in [0.5, 0.6) is 0 Å². The largest absolute Gasteiger partial charge is 0.618 e. The van der Waals surface area contributed by atoms with Gasteiger partial charge in [0.1, 0.15) is 0 Å². The zero-order chi connectivity index (χ0) is 10.8. The van der Waals surface area contributed by atoms with Gasteiger partial charge in [-0.15, -0.1) is 0 Å². The van der Waals surface area contributed by atoms with Crippen molar-refractivity contribution in [3.05, 3.63) is 58.9 Å². The van der Waals surface area contributed by atoms with Gasteiger partial charge in [0.2, 0.25) is 5.69 Å². The molecule has 0 saturated heterocycles. The number of rotatable bonds is 1. The van der Waals surface area contributed by atoms with Gasteiger partial charge in [0.05, 0.1) is 0 Å². The van der Waals surface area contributed by atoms with Gasteiger partial charge in [-0.1, -0.05) is 17.2 Å². The summed E-state index contributed by atoms with van der Waals surface area (Å²) in [6.07, 6.45) is 1.52. The molecule has 1 aromatic carbocycles.